The maximum absolute atomic E-state index is 13.7. The first-order valence-corrected chi connectivity index (χ1v) is 12.4. The van der Waals surface area contributed by atoms with Crippen LogP contribution in [0.3, 0.4) is 0 Å². The number of amides is 3. The van der Waals surface area contributed by atoms with E-state index in [1.54, 1.807) is 4.90 Å². The van der Waals surface area contributed by atoms with Crippen molar-refractivity contribution in [3.63, 3.8) is 0 Å². The highest BCUT2D eigenvalue weighted by molar-refractivity contribution is 5.92. The summed E-state index contributed by atoms with van der Waals surface area (Å²) in [4.78, 5) is 40.8. The summed E-state index contributed by atoms with van der Waals surface area (Å²) in [5, 5.41) is 5.30. The van der Waals surface area contributed by atoms with Gasteiger partial charge in [0.25, 0.3) is 0 Å². The molecule has 1 aliphatic rings. The summed E-state index contributed by atoms with van der Waals surface area (Å²) in [6.07, 6.45) is 3.85. The zero-order chi connectivity index (χ0) is 27.1. The van der Waals surface area contributed by atoms with E-state index in [0.29, 0.717) is 13.0 Å². The van der Waals surface area contributed by atoms with Gasteiger partial charge in [-0.3, -0.25) is 14.4 Å². The van der Waals surface area contributed by atoms with Gasteiger partial charge in [-0.2, -0.15) is 0 Å². The number of rotatable bonds is 8. The fourth-order valence-corrected chi connectivity index (χ4v) is 4.46. The highest BCUT2D eigenvalue weighted by Crippen LogP contribution is 2.28. The molecule has 0 radical (unpaired) electrons. The third-order valence-electron chi connectivity index (χ3n) is 6.32. The van der Waals surface area contributed by atoms with Crippen LogP contribution in [0.2, 0.25) is 0 Å². The maximum Gasteiger partial charge on any atom is 0.246 e. The lowest BCUT2D eigenvalue weighted by Gasteiger charge is -2.32. The van der Waals surface area contributed by atoms with Crippen LogP contribution in [-0.2, 0) is 27.3 Å². The Kier molecular flexibility index (Phi) is 8.63. The fraction of sp³-hybridized carbons (Fsp3) is 0.233. The average molecular weight is 518 g/mol. The molecule has 3 atom stereocenters. The van der Waals surface area contributed by atoms with Gasteiger partial charge in [0.2, 0.25) is 17.7 Å². The van der Waals surface area contributed by atoms with Crippen molar-refractivity contribution in [3.8, 4) is 0 Å². The minimum atomic E-state index is -0.964. The Morgan fingerprint density at radius 2 is 1.58 bits per heavy atom. The van der Waals surface area contributed by atoms with Crippen LogP contribution in [0.5, 0.6) is 0 Å². The number of carbonyl (C=O) groups excluding carboxylic acids is 3. The monoisotopic (exact) mass is 517 g/mol. The molecule has 3 aromatic rings. The Morgan fingerprint density at radius 3 is 2.24 bits per heavy atom. The van der Waals surface area contributed by atoms with Gasteiger partial charge in [0.1, 0.15) is 23.7 Å². The molecule has 0 saturated carbocycles. The third kappa shape index (κ3) is 6.91. The van der Waals surface area contributed by atoms with Gasteiger partial charge in [0.05, 0.1) is 12.5 Å². The Hall–Kier alpha value is -4.33. The predicted octanol–water partition coefficient (Wildman–Crippen LogP) is 4.23. The van der Waals surface area contributed by atoms with Crippen LogP contribution >= 0.6 is 0 Å². The second-order valence-corrected chi connectivity index (χ2v) is 9.28. The highest BCUT2D eigenvalue weighted by Gasteiger charge is 2.33. The van der Waals surface area contributed by atoms with E-state index in [2.05, 4.69) is 10.6 Å². The molecule has 0 fully saturated rings. The number of nitrogens with one attached hydrogen (secondary N) is 2. The van der Waals surface area contributed by atoms with Gasteiger partial charge in [0, 0.05) is 12.6 Å². The summed E-state index contributed by atoms with van der Waals surface area (Å²) in [7, 11) is 0. The van der Waals surface area contributed by atoms with Crippen molar-refractivity contribution < 1.29 is 23.2 Å². The molecule has 4 rings (SSSR count). The minimum Gasteiger partial charge on any atom is -0.344 e. The van der Waals surface area contributed by atoms with Gasteiger partial charge in [-0.05, 0) is 42.2 Å². The summed E-state index contributed by atoms with van der Waals surface area (Å²) in [5.74, 6) is -2.91. The first-order chi connectivity index (χ1) is 18.3. The molecule has 2 N–H and O–H groups in total. The van der Waals surface area contributed by atoms with Crippen molar-refractivity contribution >= 4 is 17.7 Å². The molecular weight excluding hydrogens is 488 g/mol. The van der Waals surface area contributed by atoms with E-state index in [0.717, 1.165) is 29.3 Å². The van der Waals surface area contributed by atoms with Gasteiger partial charge in [-0.15, -0.1) is 0 Å². The third-order valence-corrected chi connectivity index (χ3v) is 6.32. The second kappa shape index (κ2) is 12.3. The summed E-state index contributed by atoms with van der Waals surface area (Å²) < 4.78 is 26.9. The number of halogens is 2. The summed E-state index contributed by atoms with van der Waals surface area (Å²) >= 11 is 0. The molecule has 1 heterocycles. The fourth-order valence-electron chi connectivity index (χ4n) is 4.46. The standard InChI is InChI=1S/C30H29F2N3O3/c1-20(33-28(36)17-22-15-24(31)18-25(32)16-22)29(37)34-26-13-8-14-27(23-11-6-3-7-12-23)35(30(26)38)19-21-9-4-2-5-10-21/h2-12,14-16,18,20,26-27H,13,17,19H2,1H3,(H,33,36)(H,34,37)/t20-,26-,27-/m0/s1. The quantitative estimate of drug-likeness (QED) is 0.439. The predicted molar refractivity (Wildman–Crippen MR) is 140 cm³/mol. The normalized spacial score (nSPS) is 18.0. The summed E-state index contributed by atoms with van der Waals surface area (Å²) in [6, 6.07) is 20.0. The first kappa shape index (κ1) is 26.7. The molecule has 0 aromatic heterocycles. The zero-order valence-electron chi connectivity index (χ0n) is 20.9. The summed E-state index contributed by atoms with van der Waals surface area (Å²) in [5.41, 5.74) is 2.06. The molecule has 3 amide bonds. The van der Waals surface area contributed by atoms with Crippen LogP contribution in [0, 0.1) is 11.6 Å². The van der Waals surface area contributed by atoms with Gasteiger partial charge in [-0.25, -0.2) is 8.78 Å². The molecule has 1 aliphatic heterocycles. The topological polar surface area (TPSA) is 78.5 Å². The number of hydrogen-bond acceptors (Lipinski definition) is 3. The molecule has 6 nitrogen and oxygen atoms in total. The van der Waals surface area contributed by atoms with E-state index in [-0.39, 0.29) is 23.9 Å². The lowest BCUT2D eigenvalue weighted by atomic mass is 10.0. The van der Waals surface area contributed by atoms with Crippen molar-refractivity contribution in [1.82, 2.24) is 15.5 Å². The van der Waals surface area contributed by atoms with Crippen molar-refractivity contribution in [2.75, 3.05) is 0 Å². The van der Waals surface area contributed by atoms with E-state index in [4.69, 9.17) is 0 Å². The number of nitrogens with zero attached hydrogens (tertiary/aromatic N) is 1. The van der Waals surface area contributed by atoms with E-state index >= 15 is 0 Å². The molecule has 0 unspecified atom stereocenters. The molecule has 0 aliphatic carbocycles. The van der Waals surface area contributed by atoms with E-state index < -0.39 is 35.5 Å². The van der Waals surface area contributed by atoms with E-state index in [9.17, 15) is 23.2 Å². The molecule has 196 valence electrons. The molecule has 0 saturated heterocycles. The van der Waals surface area contributed by atoms with Gasteiger partial charge in [0.15, 0.2) is 0 Å². The Morgan fingerprint density at radius 1 is 0.947 bits per heavy atom. The van der Waals surface area contributed by atoms with E-state index in [1.165, 1.54) is 6.92 Å². The van der Waals surface area contributed by atoms with Crippen molar-refractivity contribution in [2.45, 2.75) is 44.4 Å². The smallest absolute Gasteiger partial charge is 0.246 e. The van der Waals surface area contributed by atoms with Crippen LogP contribution in [0.1, 0.15) is 36.1 Å². The van der Waals surface area contributed by atoms with Crippen LogP contribution in [-0.4, -0.2) is 34.7 Å². The number of benzene rings is 3. The Bertz CT molecular complexity index is 1290. The Balaban J connectivity index is 1.45. The molecule has 3 aromatic carbocycles. The number of hydrogen-bond donors (Lipinski definition) is 2. The van der Waals surface area contributed by atoms with Gasteiger partial charge >= 0.3 is 0 Å². The lowest BCUT2D eigenvalue weighted by molar-refractivity contribution is -0.138. The van der Waals surface area contributed by atoms with Gasteiger partial charge in [-0.1, -0.05) is 72.8 Å². The first-order valence-electron chi connectivity index (χ1n) is 12.4. The number of carbonyl (C=O) groups is 3. The average Bonchev–Trinajstić information content (AvgIpc) is 3.03. The van der Waals surface area contributed by atoms with Gasteiger partial charge < -0.3 is 15.5 Å². The molecule has 8 heteroatoms. The summed E-state index contributed by atoms with van der Waals surface area (Å²) in [6.45, 7) is 1.84. The maximum atomic E-state index is 13.7. The second-order valence-electron chi connectivity index (χ2n) is 9.28. The lowest BCUT2D eigenvalue weighted by Crippen LogP contribution is -2.53. The van der Waals surface area contributed by atoms with Crippen molar-refractivity contribution in [2.24, 2.45) is 0 Å². The van der Waals surface area contributed by atoms with E-state index in [1.807, 2.05) is 72.8 Å². The van der Waals surface area contributed by atoms with Crippen LogP contribution < -0.4 is 10.6 Å². The Labute approximate surface area is 220 Å². The van der Waals surface area contributed by atoms with Crippen molar-refractivity contribution in [1.29, 1.82) is 0 Å². The zero-order valence-corrected chi connectivity index (χ0v) is 20.9. The largest absolute Gasteiger partial charge is 0.344 e. The minimum absolute atomic E-state index is 0.153. The molecule has 0 bridgehead atoms. The van der Waals surface area contributed by atoms with Crippen LogP contribution in [0.25, 0.3) is 0 Å². The van der Waals surface area contributed by atoms with Crippen LogP contribution in [0.4, 0.5) is 8.78 Å². The molecular formula is C30H29F2N3O3. The van der Waals surface area contributed by atoms with Crippen molar-refractivity contribution in [3.05, 3.63) is 119 Å². The van der Waals surface area contributed by atoms with Crippen LogP contribution in [0.15, 0.2) is 91.0 Å². The highest BCUT2D eigenvalue weighted by atomic mass is 19.1. The molecule has 38 heavy (non-hydrogen) atoms. The SMILES string of the molecule is C[C@H](NC(=O)Cc1cc(F)cc(F)c1)C(=O)N[C@H]1CC=C[C@@H](c2ccccc2)N(Cc2ccccc2)C1=O. The molecule has 0 spiro atoms.